The Hall–Kier alpha value is -2.43. The number of likely N-dealkylation sites (tertiary alicyclic amines) is 1. The van der Waals surface area contributed by atoms with E-state index >= 15 is 0 Å². The Morgan fingerprint density at radius 2 is 2.00 bits per heavy atom. The van der Waals surface area contributed by atoms with Gasteiger partial charge in [-0.1, -0.05) is 6.07 Å². The largest absolute Gasteiger partial charge is 0.343 e. The summed E-state index contributed by atoms with van der Waals surface area (Å²) in [5.74, 6) is 2.31. The molecule has 1 aliphatic heterocycles. The first-order chi connectivity index (χ1) is 11.1. The number of carbonyl (C=O) groups is 1. The van der Waals surface area contributed by atoms with E-state index in [4.69, 9.17) is 0 Å². The molecule has 0 unspecified atom stereocenters. The molecule has 23 heavy (non-hydrogen) atoms. The molecule has 5 heteroatoms. The van der Waals surface area contributed by atoms with Crippen LogP contribution < -0.4 is 5.32 Å². The number of nitrogens with zero attached hydrogens (tertiary/aromatic N) is 3. The molecule has 2 aromatic heterocycles. The first-order valence-electron chi connectivity index (χ1n) is 8.03. The summed E-state index contributed by atoms with van der Waals surface area (Å²) in [7, 11) is 0. The van der Waals surface area contributed by atoms with Crippen molar-refractivity contribution in [1.82, 2.24) is 14.9 Å². The van der Waals surface area contributed by atoms with Crippen molar-refractivity contribution in [2.45, 2.75) is 32.6 Å². The van der Waals surface area contributed by atoms with Crippen molar-refractivity contribution < 1.29 is 4.79 Å². The van der Waals surface area contributed by atoms with E-state index in [0.717, 1.165) is 43.1 Å². The Bertz CT molecular complexity index is 693. The summed E-state index contributed by atoms with van der Waals surface area (Å²) in [6.45, 7) is 5.34. The van der Waals surface area contributed by atoms with Gasteiger partial charge in [-0.3, -0.25) is 4.79 Å². The number of carbonyl (C=O) groups excluding carboxylic acids is 1. The van der Waals surface area contributed by atoms with Crippen LogP contribution in [0.15, 0.2) is 36.7 Å². The van der Waals surface area contributed by atoms with E-state index in [-0.39, 0.29) is 5.91 Å². The van der Waals surface area contributed by atoms with Crippen LogP contribution in [0.5, 0.6) is 0 Å². The Labute approximate surface area is 136 Å². The summed E-state index contributed by atoms with van der Waals surface area (Å²) in [5, 5.41) is 3.29. The van der Waals surface area contributed by atoms with Gasteiger partial charge in [-0.25, -0.2) is 9.97 Å². The average molecular weight is 310 g/mol. The average Bonchev–Trinajstić information content (AvgIpc) is 2.57. The fourth-order valence-electron chi connectivity index (χ4n) is 3.03. The van der Waals surface area contributed by atoms with Gasteiger partial charge >= 0.3 is 0 Å². The van der Waals surface area contributed by atoms with E-state index in [2.05, 4.69) is 27.4 Å². The Morgan fingerprint density at radius 3 is 2.70 bits per heavy atom. The predicted octanol–water partition coefficient (Wildman–Crippen LogP) is 3.25. The molecule has 1 fully saturated rings. The van der Waals surface area contributed by atoms with Gasteiger partial charge in [0.15, 0.2) is 0 Å². The molecule has 0 radical (unpaired) electrons. The number of hydrogen-bond acceptors (Lipinski definition) is 4. The van der Waals surface area contributed by atoms with Crippen LogP contribution in [-0.2, 0) is 4.79 Å². The third-order valence-electron chi connectivity index (χ3n) is 4.45. The molecule has 0 aliphatic carbocycles. The lowest BCUT2D eigenvalue weighted by Gasteiger charge is -2.31. The molecular weight excluding hydrogens is 288 g/mol. The zero-order valence-electron chi connectivity index (χ0n) is 13.6. The highest BCUT2D eigenvalue weighted by molar-refractivity contribution is 5.73. The van der Waals surface area contributed by atoms with Crippen LogP contribution in [0, 0.1) is 6.92 Å². The normalized spacial score (nSPS) is 15.5. The maximum absolute atomic E-state index is 11.4. The van der Waals surface area contributed by atoms with Gasteiger partial charge in [0.2, 0.25) is 5.91 Å². The summed E-state index contributed by atoms with van der Waals surface area (Å²) in [6, 6.07) is 8.12. The van der Waals surface area contributed by atoms with Gasteiger partial charge in [-0.15, -0.1) is 0 Å². The summed E-state index contributed by atoms with van der Waals surface area (Å²) < 4.78 is 0. The number of aromatic nitrogens is 2. The number of pyridine rings is 2. The second-order valence-electron chi connectivity index (χ2n) is 6.05. The van der Waals surface area contributed by atoms with Gasteiger partial charge in [0.25, 0.3) is 0 Å². The molecule has 1 saturated heterocycles. The first-order valence-corrected chi connectivity index (χ1v) is 8.03. The minimum Gasteiger partial charge on any atom is -0.343 e. The lowest BCUT2D eigenvalue weighted by Crippen LogP contribution is -2.36. The SMILES string of the molecule is CC(=O)N1CCC(c2ccnc(Nc3ncccc3C)c2)CC1. The van der Waals surface area contributed by atoms with Crippen LogP contribution in [0.1, 0.15) is 36.8 Å². The minimum atomic E-state index is 0.172. The molecule has 0 saturated carbocycles. The molecule has 3 heterocycles. The van der Waals surface area contributed by atoms with Gasteiger partial charge in [-0.05, 0) is 55.0 Å². The van der Waals surface area contributed by atoms with Crippen LogP contribution in [0.2, 0.25) is 0 Å². The standard InChI is InChI=1S/C18H22N4O/c1-13-4-3-8-20-18(13)21-17-12-16(5-9-19-17)15-6-10-22(11-7-15)14(2)23/h3-5,8-9,12,15H,6-7,10-11H2,1-2H3,(H,19,20,21). The number of anilines is 2. The fourth-order valence-corrected chi connectivity index (χ4v) is 3.03. The van der Waals surface area contributed by atoms with Gasteiger partial charge < -0.3 is 10.2 Å². The molecule has 0 spiro atoms. The van der Waals surface area contributed by atoms with Crippen LogP contribution >= 0.6 is 0 Å². The maximum Gasteiger partial charge on any atom is 0.219 e. The van der Waals surface area contributed by atoms with Gasteiger partial charge in [0.05, 0.1) is 0 Å². The van der Waals surface area contributed by atoms with Gasteiger partial charge in [-0.2, -0.15) is 0 Å². The van der Waals surface area contributed by atoms with Crippen molar-refractivity contribution in [3.63, 3.8) is 0 Å². The van der Waals surface area contributed by atoms with E-state index in [0.29, 0.717) is 5.92 Å². The van der Waals surface area contributed by atoms with Crippen LogP contribution in [0.4, 0.5) is 11.6 Å². The van der Waals surface area contributed by atoms with E-state index < -0.39 is 0 Å². The van der Waals surface area contributed by atoms with E-state index in [1.165, 1.54) is 5.56 Å². The molecule has 0 bridgehead atoms. The zero-order chi connectivity index (χ0) is 16.2. The lowest BCUT2D eigenvalue weighted by molar-refractivity contribution is -0.129. The lowest BCUT2D eigenvalue weighted by atomic mass is 9.90. The van der Waals surface area contributed by atoms with Crippen LogP contribution in [0.3, 0.4) is 0 Å². The molecular formula is C18H22N4O. The quantitative estimate of drug-likeness (QED) is 0.945. The molecule has 0 aromatic carbocycles. The van der Waals surface area contributed by atoms with Gasteiger partial charge in [0, 0.05) is 32.4 Å². The second kappa shape index (κ2) is 6.77. The molecule has 3 rings (SSSR count). The van der Waals surface area contributed by atoms with Crippen molar-refractivity contribution >= 4 is 17.5 Å². The van der Waals surface area contributed by atoms with Crippen LogP contribution in [0.25, 0.3) is 0 Å². The third kappa shape index (κ3) is 3.67. The highest BCUT2D eigenvalue weighted by Gasteiger charge is 2.22. The molecule has 2 aromatic rings. The summed E-state index contributed by atoms with van der Waals surface area (Å²) in [4.78, 5) is 22.1. The highest BCUT2D eigenvalue weighted by Crippen LogP contribution is 2.29. The maximum atomic E-state index is 11.4. The molecule has 0 atom stereocenters. The monoisotopic (exact) mass is 310 g/mol. The number of nitrogens with one attached hydrogen (secondary N) is 1. The smallest absolute Gasteiger partial charge is 0.219 e. The summed E-state index contributed by atoms with van der Waals surface area (Å²) in [6.07, 6.45) is 5.63. The van der Waals surface area contributed by atoms with Crippen molar-refractivity contribution in [2.24, 2.45) is 0 Å². The topological polar surface area (TPSA) is 58.1 Å². The molecule has 120 valence electrons. The minimum absolute atomic E-state index is 0.172. The van der Waals surface area contributed by atoms with E-state index in [1.54, 1.807) is 13.1 Å². The zero-order valence-corrected chi connectivity index (χ0v) is 13.6. The summed E-state index contributed by atoms with van der Waals surface area (Å²) >= 11 is 0. The predicted molar refractivity (Wildman–Crippen MR) is 90.7 cm³/mol. The highest BCUT2D eigenvalue weighted by atomic mass is 16.2. The van der Waals surface area contributed by atoms with Crippen molar-refractivity contribution in [3.05, 3.63) is 47.8 Å². The molecule has 5 nitrogen and oxygen atoms in total. The van der Waals surface area contributed by atoms with Crippen molar-refractivity contribution in [1.29, 1.82) is 0 Å². The van der Waals surface area contributed by atoms with Crippen molar-refractivity contribution in [3.8, 4) is 0 Å². The number of piperidine rings is 1. The Kier molecular flexibility index (Phi) is 4.55. The Balaban J connectivity index is 1.71. The third-order valence-corrected chi connectivity index (χ3v) is 4.45. The van der Waals surface area contributed by atoms with E-state index in [1.807, 2.05) is 30.2 Å². The summed E-state index contributed by atoms with van der Waals surface area (Å²) in [5.41, 5.74) is 2.37. The number of aryl methyl sites for hydroxylation is 1. The van der Waals surface area contributed by atoms with Gasteiger partial charge in [0.1, 0.15) is 11.6 Å². The fraction of sp³-hybridized carbons (Fsp3) is 0.389. The molecule has 1 amide bonds. The molecule has 1 aliphatic rings. The number of amides is 1. The number of rotatable bonds is 3. The Morgan fingerprint density at radius 1 is 1.22 bits per heavy atom. The molecule has 1 N–H and O–H groups in total. The van der Waals surface area contributed by atoms with Crippen molar-refractivity contribution in [2.75, 3.05) is 18.4 Å². The van der Waals surface area contributed by atoms with Crippen LogP contribution in [-0.4, -0.2) is 33.9 Å². The first kappa shape index (κ1) is 15.5. The van der Waals surface area contributed by atoms with E-state index in [9.17, 15) is 4.79 Å². The number of hydrogen-bond donors (Lipinski definition) is 1. The second-order valence-corrected chi connectivity index (χ2v) is 6.05.